The molecule has 0 amide bonds. The molecule has 0 atom stereocenters. The van der Waals surface area contributed by atoms with E-state index in [-0.39, 0.29) is 5.88 Å². The number of pyridine rings is 1. The highest BCUT2D eigenvalue weighted by Gasteiger charge is 2.10. The molecule has 0 aliphatic heterocycles. The van der Waals surface area contributed by atoms with E-state index in [0.29, 0.717) is 0 Å². The van der Waals surface area contributed by atoms with E-state index in [0.717, 1.165) is 16.9 Å². The minimum atomic E-state index is 0.176. The Bertz CT molecular complexity index is 448. The maximum Gasteiger partial charge on any atom is 0.217 e. The summed E-state index contributed by atoms with van der Waals surface area (Å²) >= 11 is 0. The van der Waals surface area contributed by atoms with Gasteiger partial charge in [0.2, 0.25) is 5.88 Å². The van der Waals surface area contributed by atoms with Gasteiger partial charge < -0.3 is 5.11 Å². The first kappa shape index (κ1) is 8.74. The van der Waals surface area contributed by atoms with E-state index in [2.05, 4.69) is 10.1 Å². The first-order valence-electron chi connectivity index (χ1n) is 4.35. The summed E-state index contributed by atoms with van der Waals surface area (Å²) in [5.74, 6) is 0.176. The minimum Gasteiger partial charge on any atom is -0.493 e. The average molecular weight is 189 g/mol. The molecule has 0 saturated carbocycles. The number of hydrogen-bond donors (Lipinski definition) is 1. The largest absolute Gasteiger partial charge is 0.493 e. The normalized spacial score (nSPS) is 10.4. The lowest BCUT2D eigenvalue weighted by Gasteiger charge is -2.01. The summed E-state index contributed by atoms with van der Waals surface area (Å²) in [6, 6.07) is 3.65. The summed E-state index contributed by atoms with van der Waals surface area (Å²) in [6.07, 6.45) is 3.34. The van der Waals surface area contributed by atoms with Crippen LogP contribution in [0, 0.1) is 13.8 Å². The van der Waals surface area contributed by atoms with Crippen LogP contribution in [0.2, 0.25) is 0 Å². The zero-order chi connectivity index (χ0) is 10.1. The Kier molecular flexibility index (Phi) is 1.96. The van der Waals surface area contributed by atoms with Crippen LogP contribution in [0.25, 0.3) is 5.69 Å². The van der Waals surface area contributed by atoms with Crippen molar-refractivity contribution in [3.63, 3.8) is 0 Å². The molecular formula is C10H11N3O. The van der Waals surface area contributed by atoms with Gasteiger partial charge in [-0.15, -0.1) is 0 Å². The zero-order valence-corrected chi connectivity index (χ0v) is 8.10. The van der Waals surface area contributed by atoms with Crippen molar-refractivity contribution in [2.24, 2.45) is 0 Å². The molecule has 0 fully saturated rings. The molecule has 1 N–H and O–H groups in total. The SMILES string of the molecule is Cc1nn(-c2cccnc2)c(O)c1C. The number of rotatable bonds is 1. The summed E-state index contributed by atoms with van der Waals surface area (Å²) in [5, 5.41) is 14.0. The number of aryl methyl sites for hydroxylation is 1. The fourth-order valence-corrected chi connectivity index (χ4v) is 1.25. The van der Waals surface area contributed by atoms with Gasteiger partial charge in [0.1, 0.15) is 0 Å². The lowest BCUT2D eigenvalue weighted by atomic mass is 10.3. The van der Waals surface area contributed by atoms with Gasteiger partial charge in [-0.3, -0.25) is 4.98 Å². The van der Waals surface area contributed by atoms with Gasteiger partial charge in [0, 0.05) is 11.8 Å². The van der Waals surface area contributed by atoms with Crippen LogP contribution in [0.1, 0.15) is 11.3 Å². The molecule has 0 spiro atoms. The lowest BCUT2D eigenvalue weighted by Crippen LogP contribution is -1.96. The van der Waals surface area contributed by atoms with Crippen LogP contribution in [0.4, 0.5) is 0 Å². The van der Waals surface area contributed by atoms with Crippen molar-refractivity contribution in [2.75, 3.05) is 0 Å². The lowest BCUT2D eigenvalue weighted by molar-refractivity contribution is 0.430. The maximum absolute atomic E-state index is 9.74. The van der Waals surface area contributed by atoms with Gasteiger partial charge >= 0.3 is 0 Å². The van der Waals surface area contributed by atoms with Crippen LogP contribution in [0.3, 0.4) is 0 Å². The van der Waals surface area contributed by atoms with Crippen LogP contribution in [0.5, 0.6) is 5.88 Å². The van der Waals surface area contributed by atoms with Crippen LogP contribution >= 0.6 is 0 Å². The molecule has 0 bridgehead atoms. The van der Waals surface area contributed by atoms with Gasteiger partial charge in [-0.2, -0.15) is 9.78 Å². The van der Waals surface area contributed by atoms with Gasteiger partial charge in [-0.05, 0) is 26.0 Å². The molecule has 0 aliphatic carbocycles. The Morgan fingerprint density at radius 3 is 2.64 bits per heavy atom. The number of hydrogen-bond acceptors (Lipinski definition) is 3. The predicted octanol–water partition coefficient (Wildman–Crippen LogP) is 1.59. The highest BCUT2D eigenvalue weighted by atomic mass is 16.3. The monoisotopic (exact) mass is 189 g/mol. The Morgan fingerprint density at radius 2 is 2.14 bits per heavy atom. The Balaban J connectivity index is 2.58. The summed E-state index contributed by atoms with van der Waals surface area (Å²) in [5.41, 5.74) is 2.39. The fourth-order valence-electron chi connectivity index (χ4n) is 1.25. The molecular weight excluding hydrogens is 178 g/mol. The molecule has 0 radical (unpaired) electrons. The molecule has 0 saturated heterocycles. The van der Waals surface area contributed by atoms with Crippen molar-refractivity contribution < 1.29 is 5.11 Å². The fraction of sp³-hybridized carbons (Fsp3) is 0.200. The third-order valence-corrected chi connectivity index (χ3v) is 2.22. The van der Waals surface area contributed by atoms with Crippen molar-refractivity contribution in [2.45, 2.75) is 13.8 Å². The molecule has 0 aliphatic rings. The Morgan fingerprint density at radius 1 is 1.36 bits per heavy atom. The van der Waals surface area contributed by atoms with Crippen molar-refractivity contribution >= 4 is 0 Å². The second-order valence-corrected chi connectivity index (χ2v) is 3.16. The third kappa shape index (κ3) is 1.25. The van der Waals surface area contributed by atoms with E-state index in [1.54, 1.807) is 18.5 Å². The second kappa shape index (κ2) is 3.14. The van der Waals surface area contributed by atoms with Crippen molar-refractivity contribution in [3.05, 3.63) is 35.8 Å². The van der Waals surface area contributed by atoms with E-state index in [9.17, 15) is 5.11 Å². The van der Waals surface area contributed by atoms with Gasteiger partial charge in [0.05, 0.1) is 17.6 Å². The van der Waals surface area contributed by atoms with Gasteiger partial charge in [0.25, 0.3) is 0 Å². The molecule has 0 aromatic carbocycles. The first-order chi connectivity index (χ1) is 6.70. The number of aromatic nitrogens is 3. The second-order valence-electron chi connectivity index (χ2n) is 3.16. The van der Waals surface area contributed by atoms with E-state index in [4.69, 9.17) is 0 Å². The molecule has 2 heterocycles. The molecule has 14 heavy (non-hydrogen) atoms. The smallest absolute Gasteiger partial charge is 0.217 e. The maximum atomic E-state index is 9.74. The van der Waals surface area contributed by atoms with Crippen molar-refractivity contribution in [1.29, 1.82) is 0 Å². The third-order valence-electron chi connectivity index (χ3n) is 2.22. The molecule has 2 aromatic rings. The number of aromatic hydroxyl groups is 1. The van der Waals surface area contributed by atoms with E-state index < -0.39 is 0 Å². The Labute approximate surface area is 81.8 Å². The molecule has 4 nitrogen and oxygen atoms in total. The van der Waals surface area contributed by atoms with Crippen molar-refractivity contribution in [3.8, 4) is 11.6 Å². The summed E-state index contributed by atoms with van der Waals surface area (Å²) in [4.78, 5) is 3.97. The van der Waals surface area contributed by atoms with Crippen LogP contribution < -0.4 is 0 Å². The standard InChI is InChI=1S/C10H11N3O/c1-7-8(2)12-13(10(7)14)9-4-3-5-11-6-9/h3-6,14H,1-2H3. The molecule has 2 aromatic heterocycles. The average Bonchev–Trinajstić information content (AvgIpc) is 2.47. The Hall–Kier alpha value is -1.84. The topological polar surface area (TPSA) is 50.9 Å². The van der Waals surface area contributed by atoms with E-state index >= 15 is 0 Å². The molecule has 2 rings (SSSR count). The quantitative estimate of drug-likeness (QED) is 0.741. The molecule has 72 valence electrons. The van der Waals surface area contributed by atoms with Crippen LogP contribution in [-0.2, 0) is 0 Å². The van der Waals surface area contributed by atoms with Crippen LogP contribution in [0.15, 0.2) is 24.5 Å². The minimum absolute atomic E-state index is 0.176. The first-order valence-corrected chi connectivity index (χ1v) is 4.35. The van der Waals surface area contributed by atoms with E-state index in [1.807, 2.05) is 19.9 Å². The van der Waals surface area contributed by atoms with Crippen LogP contribution in [-0.4, -0.2) is 19.9 Å². The molecule has 4 heteroatoms. The van der Waals surface area contributed by atoms with Gasteiger partial charge in [0.15, 0.2) is 0 Å². The summed E-state index contributed by atoms with van der Waals surface area (Å²) in [7, 11) is 0. The number of nitrogens with zero attached hydrogens (tertiary/aromatic N) is 3. The van der Waals surface area contributed by atoms with E-state index in [1.165, 1.54) is 4.68 Å². The molecule has 0 unspecified atom stereocenters. The highest BCUT2D eigenvalue weighted by Crippen LogP contribution is 2.22. The van der Waals surface area contributed by atoms with Crippen molar-refractivity contribution in [1.82, 2.24) is 14.8 Å². The van der Waals surface area contributed by atoms with Gasteiger partial charge in [-0.25, -0.2) is 0 Å². The summed E-state index contributed by atoms with van der Waals surface area (Å²) < 4.78 is 1.48. The van der Waals surface area contributed by atoms with Gasteiger partial charge in [-0.1, -0.05) is 0 Å². The zero-order valence-electron chi connectivity index (χ0n) is 8.10. The highest BCUT2D eigenvalue weighted by molar-refractivity contribution is 5.37. The predicted molar refractivity (Wildman–Crippen MR) is 52.5 cm³/mol. The summed E-state index contributed by atoms with van der Waals surface area (Å²) in [6.45, 7) is 3.70.